The van der Waals surface area contributed by atoms with Crippen molar-refractivity contribution in [3.63, 3.8) is 0 Å². The zero-order valence-electron chi connectivity index (χ0n) is 11.0. The summed E-state index contributed by atoms with van der Waals surface area (Å²) in [7, 11) is 0. The summed E-state index contributed by atoms with van der Waals surface area (Å²) in [5.74, 6) is 6.14. The van der Waals surface area contributed by atoms with Crippen molar-refractivity contribution in [2.75, 3.05) is 17.9 Å². The molecule has 0 saturated carbocycles. The third-order valence-corrected chi connectivity index (χ3v) is 3.07. The Balaban J connectivity index is 2.18. The van der Waals surface area contributed by atoms with Crippen molar-refractivity contribution in [2.24, 2.45) is 5.10 Å². The Hall–Kier alpha value is -2.26. The molecule has 0 aliphatic rings. The minimum absolute atomic E-state index is 0.0326. The number of nitrogens with zero attached hydrogens (tertiary/aromatic N) is 3. The number of hydrogen-bond donors (Lipinski definition) is 4. The first kappa shape index (κ1) is 15.1. The number of halogens is 1. The SMILES string of the molecule is CCOc1cc(C=NNc2n[nH]c(=S)n2N)c(Cl)cc1O. The number of nitrogen functional groups attached to an aromatic ring is 1. The number of phenols is 1. The van der Waals surface area contributed by atoms with Gasteiger partial charge in [-0.2, -0.15) is 9.78 Å². The van der Waals surface area contributed by atoms with Crippen LogP contribution in [0.4, 0.5) is 5.95 Å². The number of phenolic OH excluding ortho intramolecular Hbond substituents is 1. The average Bonchev–Trinajstić information content (AvgIpc) is 2.76. The first-order chi connectivity index (χ1) is 10.0. The van der Waals surface area contributed by atoms with Gasteiger partial charge in [-0.05, 0) is 25.2 Å². The smallest absolute Gasteiger partial charge is 0.262 e. The van der Waals surface area contributed by atoms with Gasteiger partial charge in [0.25, 0.3) is 5.95 Å². The Labute approximate surface area is 130 Å². The summed E-state index contributed by atoms with van der Waals surface area (Å²) in [5, 5.41) is 20.3. The minimum atomic E-state index is -0.0326. The molecule has 0 fully saturated rings. The van der Waals surface area contributed by atoms with Crippen molar-refractivity contribution in [3.05, 3.63) is 27.5 Å². The molecule has 1 heterocycles. The number of nitrogens with two attached hydrogens (primary N) is 1. The number of hydrogen-bond acceptors (Lipinski definition) is 7. The van der Waals surface area contributed by atoms with E-state index in [1.807, 2.05) is 6.92 Å². The van der Waals surface area contributed by atoms with Crippen molar-refractivity contribution in [1.29, 1.82) is 0 Å². The summed E-state index contributed by atoms with van der Waals surface area (Å²) >= 11 is 10.9. The number of aromatic hydroxyl groups is 1. The molecule has 0 aliphatic carbocycles. The molecule has 0 radical (unpaired) electrons. The van der Waals surface area contributed by atoms with E-state index >= 15 is 0 Å². The van der Waals surface area contributed by atoms with Crippen LogP contribution < -0.4 is 16.0 Å². The van der Waals surface area contributed by atoms with Gasteiger partial charge in [-0.15, -0.1) is 5.10 Å². The standard InChI is InChI=1S/C11H13ClN6O2S/c1-2-20-9-3-6(7(12)4-8(9)19)5-14-15-10-16-17-11(21)18(10)13/h3-5,19H,2,13H2,1H3,(H,15,16)(H,17,21). The molecule has 1 aromatic heterocycles. The molecule has 0 aliphatic heterocycles. The van der Waals surface area contributed by atoms with Crippen LogP contribution in [-0.2, 0) is 0 Å². The van der Waals surface area contributed by atoms with Gasteiger partial charge in [0.1, 0.15) is 0 Å². The molecule has 21 heavy (non-hydrogen) atoms. The van der Waals surface area contributed by atoms with Crippen molar-refractivity contribution in [3.8, 4) is 11.5 Å². The van der Waals surface area contributed by atoms with E-state index in [9.17, 15) is 5.11 Å². The lowest BCUT2D eigenvalue weighted by molar-refractivity contribution is 0.318. The Morgan fingerprint density at radius 1 is 1.67 bits per heavy atom. The monoisotopic (exact) mass is 328 g/mol. The number of hydrazone groups is 1. The molecular formula is C11H13ClN6O2S. The molecule has 0 unspecified atom stereocenters. The number of nitrogens with one attached hydrogen (secondary N) is 2. The molecule has 2 aromatic rings. The summed E-state index contributed by atoms with van der Waals surface area (Å²) in [6.45, 7) is 2.24. The topological polar surface area (TPSA) is 113 Å². The number of aromatic amines is 1. The lowest BCUT2D eigenvalue weighted by Crippen LogP contribution is -2.11. The Kier molecular flexibility index (Phi) is 4.66. The number of benzene rings is 1. The molecule has 0 amide bonds. The first-order valence-electron chi connectivity index (χ1n) is 5.89. The molecule has 2 rings (SSSR count). The van der Waals surface area contributed by atoms with E-state index in [1.165, 1.54) is 12.3 Å². The van der Waals surface area contributed by atoms with Gasteiger partial charge in [-0.3, -0.25) is 0 Å². The predicted octanol–water partition coefficient (Wildman–Crippen LogP) is 1.86. The van der Waals surface area contributed by atoms with Crippen molar-refractivity contribution < 1.29 is 9.84 Å². The van der Waals surface area contributed by atoms with E-state index < -0.39 is 0 Å². The van der Waals surface area contributed by atoms with Crippen LogP contribution in [0.5, 0.6) is 11.5 Å². The zero-order valence-corrected chi connectivity index (χ0v) is 12.6. The third kappa shape index (κ3) is 3.44. The fourth-order valence-electron chi connectivity index (χ4n) is 1.47. The molecule has 0 saturated heterocycles. The third-order valence-electron chi connectivity index (χ3n) is 2.45. The summed E-state index contributed by atoms with van der Waals surface area (Å²) in [6.07, 6.45) is 1.45. The molecule has 5 N–H and O–H groups in total. The number of H-pyrrole nitrogens is 1. The van der Waals surface area contributed by atoms with E-state index in [1.54, 1.807) is 6.07 Å². The van der Waals surface area contributed by atoms with E-state index in [2.05, 4.69) is 20.7 Å². The Bertz CT molecular complexity index is 726. The van der Waals surface area contributed by atoms with Gasteiger partial charge in [0.15, 0.2) is 11.5 Å². The van der Waals surface area contributed by atoms with Crippen LogP contribution in [0.25, 0.3) is 0 Å². The Morgan fingerprint density at radius 2 is 2.43 bits per heavy atom. The number of aromatic nitrogens is 3. The second-order valence-corrected chi connectivity index (χ2v) is 4.66. The molecule has 0 bridgehead atoms. The highest BCUT2D eigenvalue weighted by Gasteiger charge is 2.07. The number of rotatable bonds is 5. The van der Waals surface area contributed by atoms with Gasteiger partial charge in [0.2, 0.25) is 4.77 Å². The maximum atomic E-state index is 9.67. The lowest BCUT2D eigenvalue weighted by Gasteiger charge is -2.07. The van der Waals surface area contributed by atoms with Gasteiger partial charge in [0.05, 0.1) is 17.8 Å². The van der Waals surface area contributed by atoms with Crippen LogP contribution in [0.15, 0.2) is 17.2 Å². The van der Waals surface area contributed by atoms with E-state index in [0.29, 0.717) is 22.9 Å². The highest BCUT2D eigenvalue weighted by molar-refractivity contribution is 7.71. The lowest BCUT2D eigenvalue weighted by atomic mass is 10.2. The second kappa shape index (κ2) is 6.46. The van der Waals surface area contributed by atoms with Gasteiger partial charge in [0, 0.05) is 11.6 Å². The highest BCUT2D eigenvalue weighted by atomic mass is 35.5. The van der Waals surface area contributed by atoms with E-state index in [0.717, 1.165) is 4.68 Å². The minimum Gasteiger partial charge on any atom is -0.504 e. The van der Waals surface area contributed by atoms with Gasteiger partial charge in [-0.1, -0.05) is 11.6 Å². The molecule has 0 atom stereocenters. The maximum absolute atomic E-state index is 9.67. The summed E-state index contributed by atoms with van der Waals surface area (Å²) in [6, 6.07) is 2.96. The molecule has 0 spiro atoms. The fourth-order valence-corrected chi connectivity index (χ4v) is 1.81. The van der Waals surface area contributed by atoms with Gasteiger partial charge < -0.3 is 15.7 Å². The second-order valence-electron chi connectivity index (χ2n) is 3.87. The van der Waals surface area contributed by atoms with Crippen LogP contribution in [0.3, 0.4) is 0 Å². The quantitative estimate of drug-likeness (QED) is 0.288. The maximum Gasteiger partial charge on any atom is 0.262 e. The number of anilines is 1. The average molecular weight is 329 g/mol. The van der Waals surface area contributed by atoms with Crippen molar-refractivity contribution in [2.45, 2.75) is 6.92 Å². The highest BCUT2D eigenvalue weighted by Crippen LogP contribution is 2.31. The summed E-state index contributed by atoms with van der Waals surface area (Å²) < 4.78 is 6.67. The van der Waals surface area contributed by atoms with Crippen LogP contribution in [0.1, 0.15) is 12.5 Å². The van der Waals surface area contributed by atoms with Gasteiger partial charge >= 0.3 is 0 Å². The number of ether oxygens (including phenoxy) is 1. The van der Waals surface area contributed by atoms with Crippen molar-refractivity contribution >= 4 is 36.0 Å². The molecular weight excluding hydrogens is 316 g/mol. The first-order valence-corrected chi connectivity index (χ1v) is 6.68. The Morgan fingerprint density at radius 3 is 3.05 bits per heavy atom. The normalized spacial score (nSPS) is 11.0. The van der Waals surface area contributed by atoms with Crippen LogP contribution >= 0.6 is 23.8 Å². The van der Waals surface area contributed by atoms with E-state index in [4.69, 9.17) is 34.4 Å². The zero-order chi connectivity index (χ0) is 15.4. The predicted molar refractivity (Wildman–Crippen MR) is 83.1 cm³/mol. The molecule has 10 heteroatoms. The van der Waals surface area contributed by atoms with Gasteiger partial charge in [-0.25, -0.2) is 10.5 Å². The summed E-state index contributed by atoms with van der Waals surface area (Å²) in [4.78, 5) is 0. The fraction of sp³-hybridized carbons (Fsp3) is 0.182. The van der Waals surface area contributed by atoms with Crippen molar-refractivity contribution in [1.82, 2.24) is 14.9 Å². The van der Waals surface area contributed by atoms with Crippen LogP contribution in [0, 0.1) is 4.77 Å². The van der Waals surface area contributed by atoms with Crippen LogP contribution in [0.2, 0.25) is 5.02 Å². The van der Waals surface area contributed by atoms with Crippen LogP contribution in [-0.4, -0.2) is 32.8 Å². The van der Waals surface area contributed by atoms with E-state index in [-0.39, 0.29) is 16.5 Å². The molecule has 1 aromatic carbocycles. The molecule has 112 valence electrons. The molecule has 8 nitrogen and oxygen atoms in total. The summed E-state index contributed by atoms with van der Waals surface area (Å²) in [5.41, 5.74) is 3.17. The largest absolute Gasteiger partial charge is 0.504 e.